The normalized spacial score (nSPS) is 16.0. The Bertz CT molecular complexity index is 121. The molecule has 1 amide bonds. The van der Waals surface area contributed by atoms with Gasteiger partial charge in [-0.2, -0.15) is 0 Å². The third-order valence-corrected chi connectivity index (χ3v) is 1.45. The highest BCUT2D eigenvalue weighted by molar-refractivity contribution is 5.83. The van der Waals surface area contributed by atoms with E-state index in [2.05, 4.69) is 5.32 Å². The lowest BCUT2D eigenvalue weighted by molar-refractivity contribution is -0.138. The Balaban J connectivity index is 3.96. The van der Waals surface area contributed by atoms with Gasteiger partial charge in [-0.15, -0.1) is 0 Å². The highest BCUT2D eigenvalue weighted by Crippen LogP contribution is 2.10. The summed E-state index contributed by atoms with van der Waals surface area (Å²) in [6.45, 7) is 3.45. The molecule has 60 valence electrons. The molecule has 0 heterocycles. The summed E-state index contributed by atoms with van der Waals surface area (Å²) < 4.78 is 0. The summed E-state index contributed by atoms with van der Waals surface area (Å²) in [5.41, 5.74) is -1.19. The average molecular weight is 145 g/mol. The van der Waals surface area contributed by atoms with Gasteiger partial charge in [0.05, 0.1) is 0 Å². The Kier molecular flexibility index (Phi) is 3.36. The number of hydrogen-bond donors (Lipinski definition) is 2. The molecule has 0 rings (SSSR count). The first-order valence-electron chi connectivity index (χ1n) is 3.49. The predicted octanol–water partition coefficient (Wildman–Crippen LogP) is 0.283. The van der Waals surface area contributed by atoms with E-state index < -0.39 is 5.60 Å². The molecule has 10 heavy (non-hydrogen) atoms. The van der Waals surface area contributed by atoms with E-state index in [4.69, 9.17) is 0 Å². The Hall–Kier alpha value is -0.570. The second-order valence-corrected chi connectivity index (χ2v) is 2.60. The molecule has 3 nitrogen and oxygen atoms in total. The minimum atomic E-state index is -1.19. The van der Waals surface area contributed by atoms with Crippen molar-refractivity contribution in [3.63, 3.8) is 0 Å². The molecule has 0 saturated heterocycles. The summed E-state index contributed by atoms with van der Waals surface area (Å²) in [5.74, 6) is -0.311. The molecule has 0 aromatic heterocycles. The molecular formula is C7H15NO2. The lowest BCUT2D eigenvalue weighted by Gasteiger charge is -2.19. The van der Waals surface area contributed by atoms with Crippen molar-refractivity contribution in [1.29, 1.82) is 0 Å². The third kappa shape index (κ3) is 2.35. The summed E-state index contributed by atoms with van der Waals surface area (Å²) in [5, 5.41) is 11.8. The third-order valence-electron chi connectivity index (χ3n) is 1.45. The van der Waals surface area contributed by atoms with Crippen LogP contribution >= 0.6 is 0 Å². The maximum Gasteiger partial charge on any atom is 0.251 e. The van der Waals surface area contributed by atoms with Gasteiger partial charge in [-0.3, -0.25) is 4.79 Å². The summed E-state index contributed by atoms with van der Waals surface area (Å²) in [4.78, 5) is 10.9. The lowest BCUT2D eigenvalue weighted by atomic mass is 10.0. The monoisotopic (exact) mass is 145 g/mol. The molecule has 0 spiro atoms. The summed E-state index contributed by atoms with van der Waals surface area (Å²) in [6.07, 6.45) is 1.31. The Labute approximate surface area is 61.4 Å². The van der Waals surface area contributed by atoms with Gasteiger partial charge in [0.1, 0.15) is 5.60 Å². The van der Waals surface area contributed by atoms with Crippen molar-refractivity contribution in [3.05, 3.63) is 0 Å². The zero-order chi connectivity index (χ0) is 8.20. The molecule has 0 aliphatic heterocycles. The number of rotatable bonds is 3. The number of carbonyl (C=O) groups is 1. The SMILES string of the molecule is CCCC(C)(O)C(=O)NC. The number of hydrogen-bond acceptors (Lipinski definition) is 2. The van der Waals surface area contributed by atoms with Crippen molar-refractivity contribution < 1.29 is 9.90 Å². The largest absolute Gasteiger partial charge is 0.380 e. The van der Waals surface area contributed by atoms with Crippen LogP contribution in [-0.4, -0.2) is 23.7 Å². The van der Waals surface area contributed by atoms with Crippen molar-refractivity contribution in [2.45, 2.75) is 32.3 Å². The number of likely N-dealkylation sites (N-methyl/N-ethyl adjacent to an activating group) is 1. The Morgan fingerprint density at radius 2 is 2.20 bits per heavy atom. The van der Waals surface area contributed by atoms with E-state index >= 15 is 0 Å². The first-order valence-corrected chi connectivity index (χ1v) is 3.49. The van der Waals surface area contributed by atoms with Crippen LogP contribution in [0, 0.1) is 0 Å². The summed E-state index contributed by atoms with van der Waals surface area (Å²) in [7, 11) is 1.52. The number of aliphatic hydroxyl groups is 1. The van der Waals surface area contributed by atoms with Gasteiger partial charge in [0.25, 0.3) is 5.91 Å². The molecule has 1 unspecified atom stereocenters. The van der Waals surface area contributed by atoms with E-state index in [1.54, 1.807) is 0 Å². The van der Waals surface area contributed by atoms with Crippen LogP contribution in [-0.2, 0) is 4.79 Å². The van der Waals surface area contributed by atoms with E-state index in [1.165, 1.54) is 14.0 Å². The first-order chi connectivity index (χ1) is 4.54. The van der Waals surface area contributed by atoms with Gasteiger partial charge < -0.3 is 10.4 Å². The van der Waals surface area contributed by atoms with Crippen molar-refractivity contribution in [3.8, 4) is 0 Å². The molecule has 0 aromatic carbocycles. The van der Waals surface area contributed by atoms with E-state index in [1.807, 2.05) is 6.92 Å². The number of carbonyl (C=O) groups excluding carboxylic acids is 1. The molecule has 0 aliphatic rings. The van der Waals surface area contributed by atoms with Crippen molar-refractivity contribution >= 4 is 5.91 Å². The van der Waals surface area contributed by atoms with Crippen LogP contribution in [0.1, 0.15) is 26.7 Å². The molecule has 0 aliphatic carbocycles. The molecule has 3 heteroatoms. The number of amides is 1. The van der Waals surface area contributed by atoms with Crippen LogP contribution in [0.3, 0.4) is 0 Å². The summed E-state index contributed by atoms with van der Waals surface area (Å²) >= 11 is 0. The smallest absolute Gasteiger partial charge is 0.251 e. The fourth-order valence-corrected chi connectivity index (χ4v) is 0.870. The molecule has 0 aromatic rings. The predicted molar refractivity (Wildman–Crippen MR) is 39.6 cm³/mol. The minimum absolute atomic E-state index is 0.311. The Morgan fingerprint density at radius 3 is 2.50 bits per heavy atom. The van der Waals surface area contributed by atoms with Crippen LogP contribution in [0.2, 0.25) is 0 Å². The zero-order valence-electron chi connectivity index (χ0n) is 6.77. The van der Waals surface area contributed by atoms with Gasteiger partial charge >= 0.3 is 0 Å². The highest BCUT2D eigenvalue weighted by atomic mass is 16.3. The molecule has 0 saturated carbocycles. The van der Waals surface area contributed by atoms with Crippen molar-refractivity contribution in [2.75, 3.05) is 7.05 Å². The fraction of sp³-hybridized carbons (Fsp3) is 0.857. The second kappa shape index (κ2) is 3.56. The minimum Gasteiger partial charge on any atom is -0.380 e. The van der Waals surface area contributed by atoms with Gasteiger partial charge in [-0.25, -0.2) is 0 Å². The second-order valence-electron chi connectivity index (χ2n) is 2.60. The van der Waals surface area contributed by atoms with Gasteiger partial charge in [-0.1, -0.05) is 13.3 Å². The van der Waals surface area contributed by atoms with E-state index in [0.717, 1.165) is 6.42 Å². The first kappa shape index (κ1) is 9.43. The van der Waals surface area contributed by atoms with Crippen LogP contribution in [0.5, 0.6) is 0 Å². The van der Waals surface area contributed by atoms with Crippen LogP contribution in [0.15, 0.2) is 0 Å². The Morgan fingerprint density at radius 1 is 1.70 bits per heavy atom. The number of nitrogens with one attached hydrogen (secondary N) is 1. The fourth-order valence-electron chi connectivity index (χ4n) is 0.870. The van der Waals surface area contributed by atoms with Crippen molar-refractivity contribution in [2.24, 2.45) is 0 Å². The van der Waals surface area contributed by atoms with Gasteiger partial charge in [0.15, 0.2) is 0 Å². The van der Waals surface area contributed by atoms with E-state index in [9.17, 15) is 9.90 Å². The molecule has 2 N–H and O–H groups in total. The molecule has 1 atom stereocenters. The highest BCUT2D eigenvalue weighted by Gasteiger charge is 2.27. The van der Waals surface area contributed by atoms with E-state index in [-0.39, 0.29) is 5.91 Å². The molecule has 0 radical (unpaired) electrons. The maximum atomic E-state index is 10.9. The average Bonchev–Trinajstić information content (AvgIpc) is 1.86. The van der Waals surface area contributed by atoms with Crippen LogP contribution in [0.25, 0.3) is 0 Å². The molecule has 0 bridgehead atoms. The van der Waals surface area contributed by atoms with Gasteiger partial charge in [0.2, 0.25) is 0 Å². The standard InChI is InChI=1S/C7H15NO2/c1-4-5-7(2,10)6(9)8-3/h10H,4-5H2,1-3H3,(H,8,9). The topological polar surface area (TPSA) is 49.3 Å². The van der Waals surface area contributed by atoms with Crippen LogP contribution < -0.4 is 5.32 Å². The molecular weight excluding hydrogens is 130 g/mol. The van der Waals surface area contributed by atoms with Gasteiger partial charge in [-0.05, 0) is 13.3 Å². The van der Waals surface area contributed by atoms with Crippen LogP contribution in [0.4, 0.5) is 0 Å². The van der Waals surface area contributed by atoms with Gasteiger partial charge in [0, 0.05) is 7.05 Å². The maximum absolute atomic E-state index is 10.9. The van der Waals surface area contributed by atoms with E-state index in [0.29, 0.717) is 6.42 Å². The van der Waals surface area contributed by atoms with Crippen molar-refractivity contribution in [1.82, 2.24) is 5.32 Å². The lowest BCUT2D eigenvalue weighted by Crippen LogP contribution is -2.42. The zero-order valence-corrected chi connectivity index (χ0v) is 6.77. The summed E-state index contributed by atoms with van der Waals surface area (Å²) in [6, 6.07) is 0. The quantitative estimate of drug-likeness (QED) is 0.599. The molecule has 0 fully saturated rings.